The molecule has 200 valence electrons. The van der Waals surface area contributed by atoms with Gasteiger partial charge in [0.2, 0.25) is 5.91 Å². The van der Waals surface area contributed by atoms with Gasteiger partial charge in [0.25, 0.3) is 0 Å². The van der Waals surface area contributed by atoms with Gasteiger partial charge in [-0.3, -0.25) is 4.79 Å². The third kappa shape index (κ3) is 7.82. The average molecular weight is 535 g/mol. The van der Waals surface area contributed by atoms with E-state index in [-0.39, 0.29) is 28.9 Å². The zero-order valence-electron chi connectivity index (χ0n) is 19.7. The van der Waals surface area contributed by atoms with Gasteiger partial charge in [0.1, 0.15) is 17.3 Å². The Bertz CT molecular complexity index is 1320. The molecular weight excluding hydrogens is 513 g/mol. The number of carbonyl (C=O) groups is 2. The summed E-state index contributed by atoms with van der Waals surface area (Å²) in [7, 11) is 0. The maximum absolute atomic E-state index is 14.7. The average Bonchev–Trinajstić information content (AvgIpc) is 3.65. The van der Waals surface area contributed by atoms with Gasteiger partial charge in [0, 0.05) is 35.5 Å². The Morgan fingerprint density at radius 2 is 1.74 bits per heavy atom. The number of ether oxygens (including phenoxy) is 2. The molecule has 3 N–H and O–H groups in total. The van der Waals surface area contributed by atoms with Crippen LogP contribution in [0.4, 0.5) is 38.1 Å². The molecule has 0 atom stereocenters. The van der Waals surface area contributed by atoms with E-state index in [4.69, 9.17) is 4.74 Å². The van der Waals surface area contributed by atoms with Crippen LogP contribution in [-0.4, -0.2) is 18.3 Å². The highest BCUT2D eigenvalue weighted by Crippen LogP contribution is 2.30. The molecule has 2 aliphatic rings. The van der Waals surface area contributed by atoms with Crippen molar-refractivity contribution in [1.82, 2.24) is 5.32 Å². The fourth-order valence-electron chi connectivity index (χ4n) is 3.42. The van der Waals surface area contributed by atoms with E-state index in [9.17, 15) is 31.5 Å². The Kier molecular flexibility index (Phi) is 7.99. The van der Waals surface area contributed by atoms with Gasteiger partial charge in [-0.25, -0.2) is 13.6 Å². The Morgan fingerprint density at radius 1 is 0.947 bits per heavy atom. The van der Waals surface area contributed by atoms with Gasteiger partial charge < -0.3 is 25.4 Å². The minimum atomic E-state index is -5.13. The number of halogens is 5. The van der Waals surface area contributed by atoms with Crippen molar-refractivity contribution in [2.45, 2.75) is 32.0 Å². The molecule has 0 heterocycles. The number of hydrogen-bond acceptors (Lipinski definition) is 4. The van der Waals surface area contributed by atoms with Crippen molar-refractivity contribution < 1.29 is 41.0 Å². The fraction of sp³-hybridized carbons (Fsp3) is 0.231. The first kappa shape index (κ1) is 26.7. The van der Waals surface area contributed by atoms with E-state index in [1.54, 1.807) is 18.2 Å². The number of allylic oxidation sites excluding steroid dienone is 5. The number of amides is 3. The predicted octanol–water partition coefficient (Wildman–Crippen LogP) is 6.53. The first-order valence-corrected chi connectivity index (χ1v) is 11.5. The maximum atomic E-state index is 14.7. The number of hydrogen-bond donors (Lipinski definition) is 3. The first-order valence-electron chi connectivity index (χ1n) is 11.5. The fourth-order valence-corrected chi connectivity index (χ4v) is 3.42. The van der Waals surface area contributed by atoms with E-state index < -0.39 is 29.8 Å². The predicted molar refractivity (Wildman–Crippen MR) is 128 cm³/mol. The molecule has 0 radical (unpaired) electrons. The summed E-state index contributed by atoms with van der Waals surface area (Å²) in [5.41, 5.74) is 0.213. The number of benzene rings is 2. The van der Waals surface area contributed by atoms with Crippen LogP contribution in [0.3, 0.4) is 0 Å². The van der Waals surface area contributed by atoms with Crippen molar-refractivity contribution in [3.05, 3.63) is 83.8 Å². The number of nitrogens with one attached hydrogen (secondary N) is 3. The number of anilines is 2. The Hall–Kier alpha value is -4.35. The molecular formula is C26H22F5N3O4. The molecule has 38 heavy (non-hydrogen) atoms. The smallest absolute Gasteiger partial charge is 0.457 e. The van der Waals surface area contributed by atoms with E-state index in [0.29, 0.717) is 30.0 Å². The van der Waals surface area contributed by atoms with Crippen molar-refractivity contribution >= 4 is 23.3 Å². The highest BCUT2D eigenvalue weighted by Gasteiger charge is 2.32. The lowest BCUT2D eigenvalue weighted by atomic mass is 10.1. The van der Waals surface area contributed by atoms with Crippen LogP contribution < -0.4 is 25.4 Å². The van der Waals surface area contributed by atoms with Gasteiger partial charge in [-0.05, 0) is 56.0 Å². The highest BCUT2D eigenvalue weighted by molar-refractivity contribution is 6.00. The summed E-state index contributed by atoms with van der Waals surface area (Å²) in [6.45, 7) is 0. The molecule has 12 heteroatoms. The quantitative estimate of drug-likeness (QED) is 0.352. The molecule has 0 saturated heterocycles. The zero-order chi connectivity index (χ0) is 27.3. The van der Waals surface area contributed by atoms with Crippen LogP contribution in [0.1, 0.15) is 25.7 Å². The lowest BCUT2D eigenvalue weighted by molar-refractivity contribution is -0.275. The molecule has 2 aromatic rings. The monoisotopic (exact) mass is 535 g/mol. The summed E-state index contributed by atoms with van der Waals surface area (Å²) in [4.78, 5) is 24.4. The normalized spacial score (nSPS) is 16.2. The van der Waals surface area contributed by atoms with Gasteiger partial charge in [0.05, 0.1) is 5.69 Å². The van der Waals surface area contributed by atoms with E-state index in [2.05, 4.69) is 20.7 Å². The molecule has 2 aromatic carbocycles. The van der Waals surface area contributed by atoms with Crippen molar-refractivity contribution in [3.63, 3.8) is 0 Å². The first-order chi connectivity index (χ1) is 18.1. The van der Waals surface area contributed by atoms with Crippen LogP contribution in [0.5, 0.6) is 11.5 Å². The lowest BCUT2D eigenvalue weighted by Crippen LogP contribution is -2.24. The molecule has 7 nitrogen and oxygen atoms in total. The summed E-state index contributed by atoms with van der Waals surface area (Å²) < 4.78 is 74.7. The van der Waals surface area contributed by atoms with E-state index in [1.165, 1.54) is 12.1 Å². The van der Waals surface area contributed by atoms with Crippen LogP contribution in [0.2, 0.25) is 0 Å². The van der Waals surface area contributed by atoms with Crippen molar-refractivity contribution in [1.29, 1.82) is 0 Å². The second-order valence-corrected chi connectivity index (χ2v) is 8.48. The summed E-state index contributed by atoms with van der Waals surface area (Å²) in [5, 5.41) is 7.29. The topological polar surface area (TPSA) is 88.7 Å². The summed E-state index contributed by atoms with van der Waals surface area (Å²) in [6, 6.07) is 4.99. The molecule has 0 spiro atoms. The zero-order valence-corrected chi connectivity index (χ0v) is 19.7. The van der Waals surface area contributed by atoms with E-state index in [0.717, 1.165) is 31.4 Å². The summed E-state index contributed by atoms with van der Waals surface area (Å²) in [6.07, 6.45) is 4.96. The maximum Gasteiger partial charge on any atom is 0.573 e. The largest absolute Gasteiger partial charge is 0.573 e. The SMILES string of the molecule is O=C(Nc1ccc(F)c(OC(F)(F)F)c1)Nc1ccc(OC2=C/C=C\CCC(NC(=O)C3CC3)=C2)cc1F. The highest BCUT2D eigenvalue weighted by atomic mass is 19.4. The van der Waals surface area contributed by atoms with E-state index >= 15 is 0 Å². The summed E-state index contributed by atoms with van der Waals surface area (Å²) >= 11 is 0. The van der Waals surface area contributed by atoms with Gasteiger partial charge in [0.15, 0.2) is 11.6 Å². The molecule has 0 aromatic heterocycles. The minimum absolute atomic E-state index is 0.0369. The van der Waals surface area contributed by atoms with Crippen molar-refractivity contribution in [2.75, 3.05) is 10.6 Å². The van der Waals surface area contributed by atoms with Crippen molar-refractivity contribution in [3.8, 4) is 11.5 Å². The van der Waals surface area contributed by atoms with Crippen LogP contribution in [-0.2, 0) is 4.79 Å². The Labute approximate surface area is 214 Å². The molecule has 0 bridgehead atoms. The number of carbonyl (C=O) groups excluding carboxylic acids is 2. The molecule has 4 rings (SSSR count). The molecule has 0 aliphatic heterocycles. The van der Waals surface area contributed by atoms with Gasteiger partial charge in [-0.15, -0.1) is 13.2 Å². The second-order valence-electron chi connectivity index (χ2n) is 8.48. The number of alkyl halides is 3. The van der Waals surface area contributed by atoms with Crippen molar-refractivity contribution in [2.24, 2.45) is 5.92 Å². The number of rotatable bonds is 7. The Balaban J connectivity index is 1.39. The second kappa shape index (κ2) is 11.4. The Morgan fingerprint density at radius 3 is 2.45 bits per heavy atom. The van der Waals surface area contributed by atoms with Gasteiger partial charge in [-0.1, -0.05) is 12.2 Å². The molecule has 1 fully saturated rings. The third-order valence-corrected chi connectivity index (χ3v) is 5.36. The standard InChI is InChI=1S/C26H22F5N3O4/c27-20-10-8-17(13-23(20)38-26(29,30)31)33-25(36)34-22-11-9-19(14-21(22)28)37-18-5-3-1-2-4-16(12-18)32-24(35)15-6-7-15/h1,3,5,8-15H,2,4,6-7H2,(H,32,35)(H2,33,34,36)/b3-1-,16-12?,18-5?. The van der Waals surface area contributed by atoms with Crippen LogP contribution >= 0.6 is 0 Å². The van der Waals surface area contributed by atoms with Gasteiger partial charge >= 0.3 is 12.4 Å². The van der Waals surface area contributed by atoms with Crippen LogP contribution in [0.25, 0.3) is 0 Å². The minimum Gasteiger partial charge on any atom is -0.457 e. The van der Waals surface area contributed by atoms with Gasteiger partial charge in [-0.2, -0.15) is 0 Å². The van der Waals surface area contributed by atoms with E-state index in [1.807, 2.05) is 6.08 Å². The summed E-state index contributed by atoms with van der Waals surface area (Å²) in [5.74, 6) is -2.79. The molecule has 3 amide bonds. The van der Waals surface area contributed by atoms with Crippen LogP contribution in [0, 0.1) is 17.6 Å². The molecule has 2 aliphatic carbocycles. The third-order valence-electron chi connectivity index (χ3n) is 5.36. The molecule has 0 unspecified atom stereocenters. The number of urea groups is 1. The molecule has 1 saturated carbocycles. The lowest BCUT2D eigenvalue weighted by Gasteiger charge is -2.14. The van der Waals surface area contributed by atoms with Crippen LogP contribution in [0.15, 0.2) is 72.2 Å².